The third-order valence-electron chi connectivity index (χ3n) is 5.28. The number of nitrogens with zero attached hydrogens (tertiary/aromatic N) is 1. The second-order valence-corrected chi connectivity index (χ2v) is 6.89. The van der Waals surface area contributed by atoms with Gasteiger partial charge in [-0.2, -0.15) is 0 Å². The maximum Gasteiger partial charge on any atom is 0.232 e. The molecule has 146 valence electrons. The van der Waals surface area contributed by atoms with Gasteiger partial charge in [-0.3, -0.25) is 4.79 Å². The molecule has 0 bridgehead atoms. The number of aldehydes is 1. The Kier molecular flexibility index (Phi) is 6.14. The number of carbonyl (C=O) groups is 2. The van der Waals surface area contributed by atoms with Gasteiger partial charge in [0.1, 0.15) is 23.8 Å². The monoisotopic (exact) mass is 379 g/mol. The first kappa shape index (κ1) is 19.7. The number of ether oxygens (including phenoxy) is 2. The van der Waals surface area contributed by atoms with Crippen molar-refractivity contribution in [2.75, 3.05) is 14.2 Å². The van der Waals surface area contributed by atoms with Crippen molar-refractivity contribution in [3.63, 3.8) is 0 Å². The van der Waals surface area contributed by atoms with Crippen molar-refractivity contribution in [3.8, 4) is 11.5 Å². The van der Waals surface area contributed by atoms with Crippen molar-refractivity contribution in [2.24, 2.45) is 5.92 Å². The molecule has 2 unspecified atom stereocenters. The lowest BCUT2D eigenvalue weighted by molar-refractivity contribution is -0.159. The average molecular weight is 379 g/mol. The molecule has 5 heteroatoms. The van der Waals surface area contributed by atoms with E-state index in [1.807, 2.05) is 48.5 Å². The number of hydrogen-bond acceptors (Lipinski definition) is 4. The number of benzene rings is 2. The van der Waals surface area contributed by atoms with Gasteiger partial charge in [-0.1, -0.05) is 30.3 Å². The highest BCUT2D eigenvalue weighted by Crippen LogP contribution is 2.32. The summed E-state index contributed by atoms with van der Waals surface area (Å²) in [4.78, 5) is 26.0. The Bertz CT molecular complexity index is 779. The molecule has 2 aromatic carbocycles. The van der Waals surface area contributed by atoms with E-state index >= 15 is 0 Å². The first-order chi connectivity index (χ1) is 13.6. The molecule has 1 heterocycles. The van der Waals surface area contributed by atoms with E-state index in [2.05, 4.69) is 6.58 Å². The minimum Gasteiger partial charge on any atom is -0.497 e. The van der Waals surface area contributed by atoms with E-state index in [4.69, 9.17) is 9.47 Å². The van der Waals surface area contributed by atoms with Crippen LogP contribution < -0.4 is 9.47 Å². The summed E-state index contributed by atoms with van der Waals surface area (Å²) in [7, 11) is 3.26. The standard InChI is InChI=1S/C23H25NO4/c1-4-21-22(15-25)24(23(21)26)18(13-16-5-9-19(27-2)10-6-16)14-17-7-11-20(28-3)12-8-17/h4-12,15,18,21-22H,1,13-14H2,2-3H3. The van der Waals surface area contributed by atoms with Gasteiger partial charge in [0, 0.05) is 6.04 Å². The van der Waals surface area contributed by atoms with Crippen LogP contribution in [0.5, 0.6) is 11.5 Å². The van der Waals surface area contributed by atoms with E-state index in [1.165, 1.54) is 0 Å². The first-order valence-electron chi connectivity index (χ1n) is 9.27. The molecule has 2 atom stereocenters. The summed E-state index contributed by atoms with van der Waals surface area (Å²) in [5.41, 5.74) is 2.16. The molecule has 0 radical (unpaired) electrons. The Morgan fingerprint density at radius 2 is 1.43 bits per heavy atom. The van der Waals surface area contributed by atoms with E-state index in [0.717, 1.165) is 28.9 Å². The quantitative estimate of drug-likeness (QED) is 0.382. The van der Waals surface area contributed by atoms with Crippen LogP contribution in [0.3, 0.4) is 0 Å². The molecule has 0 spiro atoms. The number of rotatable bonds is 9. The molecular formula is C23H25NO4. The fourth-order valence-electron chi connectivity index (χ4n) is 3.71. The van der Waals surface area contributed by atoms with Crippen molar-refractivity contribution >= 4 is 12.2 Å². The molecule has 1 aliphatic rings. The van der Waals surface area contributed by atoms with E-state index in [9.17, 15) is 9.59 Å². The number of β-lactam (4-membered cyclic amide) rings is 1. The van der Waals surface area contributed by atoms with Crippen LogP contribution in [-0.2, 0) is 22.4 Å². The summed E-state index contributed by atoms with van der Waals surface area (Å²) in [6.07, 6.45) is 3.71. The van der Waals surface area contributed by atoms with Crippen LogP contribution in [0.2, 0.25) is 0 Å². The molecule has 2 aromatic rings. The fourth-order valence-corrected chi connectivity index (χ4v) is 3.71. The topological polar surface area (TPSA) is 55.8 Å². The Morgan fingerprint density at radius 3 is 1.79 bits per heavy atom. The molecule has 0 aromatic heterocycles. The van der Waals surface area contributed by atoms with Gasteiger partial charge < -0.3 is 19.2 Å². The molecule has 28 heavy (non-hydrogen) atoms. The normalized spacial score (nSPS) is 18.5. The van der Waals surface area contributed by atoms with Crippen molar-refractivity contribution in [1.29, 1.82) is 0 Å². The van der Waals surface area contributed by atoms with Gasteiger partial charge >= 0.3 is 0 Å². The van der Waals surface area contributed by atoms with E-state index in [0.29, 0.717) is 12.8 Å². The summed E-state index contributed by atoms with van der Waals surface area (Å²) < 4.78 is 10.4. The van der Waals surface area contributed by atoms with Crippen molar-refractivity contribution in [1.82, 2.24) is 4.90 Å². The second kappa shape index (κ2) is 8.74. The Morgan fingerprint density at radius 1 is 0.964 bits per heavy atom. The van der Waals surface area contributed by atoms with Crippen molar-refractivity contribution in [2.45, 2.75) is 24.9 Å². The minimum atomic E-state index is -0.452. The molecular weight excluding hydrogens is 354 g/mol. The van der Waals surface area contributed by atoms with Gasteiger partial charge in [-0.15, -0.1) is 6.58 Å². The van der Waals surface area contributed by atoms with Gasteiger partial charge in [-0.05, 0) is 48.2 Å². The first-order valence-corrected chi connectivity index (χ1v) is 9.27. The van der Waals surface area contributed by atoms with Gasteiger partial charge in [-0.25, -0.2) is 0 Å². The largest absolute Gasteiger partial charge is 0.497 e. The third kappa shape index (κ3) is 3.93. The van der Waals surface area contributed by atoms with E-state index in [-0.39, 0.29) is 11.9 Å². The number of hydrogen-bond donors (Lipinski definition) is 0. The zero-order chi connectivity index (χ0) is 20.1. The number of methoxy groups -OCH3 is 2. The lowest BCUT2D eigenvalue weighted by Gasteiger charge is -2.48. The molecule has 3 rings (SSSR count). The van der Waals surface area contributed by atoms with Crippen molar-refractivity contribution in [3.05, 3.63) is 72.3 Å². The third-order valence-corrected chi connectivity index (χ3v) is 5.28. The number of likely N-dealkylation sites (tertiary alicyclic amines) is 1. The summed E-state index contributed by atoms with van der Waals surface area (Å²) in [6, 6.07) is 15.0. The highest BCUT2D eigenvalue weighted by atomic mass is 16.5. The smallest absolute Gasteiger partial charge is 0.232 e. The highest BCUT2D eigenvalue weighted by Gasteiger charge is 2.48. The molecule has 0 saturated carbocycles. The minimum absolute atomic E-state index is 0.0425. The van der Waals surface area contributed by atoms with Gasteiger partial charge in [0.25, 0.3) is 0 Å². The van der Waals surface area contributed by atoms with Gasteiger partial charge in [0.05, 0.1) is 20.1 Å². The van der Waals surface area contributed by atoms with Crippen LogP contribution in [0.25, 0.3) is 0 Å². The zero-order valence-electron chi connectivity index (χ0n) is 16.2. The van der Waals surface area contributed by atoms with Crippen LogP contribution in [-0.4, -0.2) is 43.4 Å². The van der Waals surface area contributed by atoms with Crippen LogP contribution in [0.15, 0.2) is 61.2 Å². The average Bonchev–Trinajstić information content (AvgIpc) is 2.73. The molecule has 5 nitrogen and oxygen atoms in total. The lowest BCUT2D eigenvalue weighted by Crippen LogP contribution is -2.65. The molecule has 1 aliphatic heterocycles. The van der Waals surface area contributed by atoms with Crippen LogP contribution >= 0.6 is 0 Å². The maximum absolute atomic E-state index is 12.6. The lowest BCUT2D eigenvalue weighted by atomic mass is 9.83. The second-order valence-electron chi connectivity index (χ2n) is 6.89. The van der Waals surface area contributed by atoms with Gasteiger partial charge in [0.2, 0.25) is 5.91 Å². The zero-order valence-corrected chi connectivity index (χ0v) is 16.2. The van der Waals surface area contributed by atoms with E-state index < -0.39 is 12.0 Å². The van der Waals surface area contributed by atoms with Crippen LogP contribution in [0.4, 0.5) is 0 Å². The fraction of sp³-hybridized carbons (Fsp3) is 0.304. The molecule has 0 aliphatic carbocycles. The molecule has 0 N–H and O–H groups in total. The van der Waals surface area contributed by atoms with Crippen LogP contribution in [0.1, 0.15) is 11.1 Å². The predicted octanol–water partition coefficient (Wildman–Crippen LogP) is 3.07. The SMILES string of the molecule is C=CC1C(=O)N(C(Cc2ccc(OC)cc2)Cc2ccc(OC)cc2)C1C=O. The molecule has 1 saturated heterocycles. The summed E-state index contributed by atoms with van der Waals surface area (Å²) >= 11 is 0. The maximum atomic E-state index is 12.6. The van der Waals surface area contributed by atoms with Gasteiger partial charge in [0.15, 0.2) is 0 Å². The van der Waals surface area contributed by atoms with E-state index in [1.54, 1.807) is 25.2 Å². The van der Waals surface area contributed by atoms with Crippen LogP contribution in [0, 0.1) is 5.92 Å². The number of carbonyl (C=O) groups excluding carboxylic acids is 2. The summed E-state index contributed by atoms with van der Waals surface area (Å²) in [5.74, 6) is 1.10. The molecule has 1 fully saturated rings. The Labute approximate surface area is 165 Å². The Balaban J connectivity index is 1.85. The highest BCUT2D eigenvalue weighted by molar-refractivity contribution is 5.94. The predicted molar refractivity (Wildman–Crippen MR) is 108 cm³/mol. The van der Waals surface area contributed by atoms with Crippen molar-refractivity contribution < 1.29 is 19.1 Å². The summed E-state index contributed by atoms with van der Waals surface area (Å²) in [6.45, 7) is 3.70. The molecule has 1 amide bonds. The Hall–Kier alpha value is -3.08. The number of amides is 1. The summed E-state index contributed by atoms with van der Waals surface area (Å²) in [5, 5.41) is 0.